The molecule has 3 atom stereocenters. The van der Waals surface area contributed by atoms with Gasteiger partial charge in [0.05, 0.1) is 0 Å². The Morgan fingerprint density at radius 1 is 1.10 bits per heavy atom. The summed E-state index contributed by atoms with van der Waals surface area (Å²) in [5.41, 5.74) is 0.583. The van der Waals surface area contributed by atoms with Gasteiger partial charge in [-0.15, -0.1) is 0 Å². The molecule has 1 aliphatic rings. The quantitative estimate of drug-likeness (QED) is 0.484. The van der Waals surface area contributed by atoms with Crippen LogP contribution in [0.25, 0.3) is 0 Å². The fourth-order valence-corrected chi connectivity index (χ4v) is 2.25. The second-order valence-electron chi connectivity index (χ2n) is 4.72. The molecule has 1 fully saturated rings. The lowest BCUT2D eigenvalue weighted by Gasteiger charge is -2.29. The predicted molar refractivity (Wildman–Crippen MR) is 45.9 cm³/mol. The van der Waals surface area contributed by atoms with Crippen LogP contribution >= 0.6 is 0 Å². The van der Waals surface area contributed by atoms with Gasteiger partial charge in [-0.25, -0.2) is 0 Å². The second kappa shape index (κ2) is 2.25. The first-order valence-corrected chi connectivity index (χ1v) is 4.46. The van der Waals surface area contributed by atoms with Crippen LogP contribution < -0.4 is 0 Å². The van der Waals surface area contributed by atoms with Gasteiger partial charge in [-0.2, -0.15) is 0 Å². The normalized spacial score (nSPS) is 45.9. The van der Waals surface area contributed by atoms with E-state index in [1.54, 1.807) is 0 Å². The molecule has 0 heteroatoms. The Morgan fingerprint density at radius 2 is 1.60 bits per heavy atom. The van der Waals surface area contributed by atoms with Gasteiger partial charge in [0.15, 0.2) is 0 Å². The smallest absolute Gasteiger partial charge is 0.0300 e. The Hall–Kier alpha value is 0. The van der Waals surface area contributed by atoms with Gasteiger partial charge in [-0.3, -0.25) is 0 Å². The van der Waals surface area contributed by atoms with Crippen molar-refractivity contribution in [1.29, 1.82) is 0 Å². The molecule has 60 valence electrons. The molecule has 0 N–H and O–H groups in total. The maximum absolute atomic E-state index is 2.41. The van der Waals surface area contributed by atoms with Crippen molar-refractivity contribution >= 4 is 0 Å². The van der Waals surface area contributed by atoms with Crippen molar-refractivity contribution in [1.82, 2.24) is 0 Å². The molecular formula is C10H20. The minimum absolute atomic E-state index is 0.583. The van der Waals surface area contributed by atoms with Crippen molar-refractivity contribution in [3.63, 3.8) is 0 Å². The van der Waals surface area contributed by atoms with Crippen LogP contribution in [0.15, 0.2) is 0 Å². The van der Waals surface area contributed by atoms with Crippen molar-refractivity contribution in [2.24, 2.45) is 23.2 Å². The van der Waals surface area contributed by atoms with Crippen molar-refractivity contribution < 1.29 is 0 Å². The molecule has 0 saturated heterocycles. The summed E-state index contributed by atoms with van der Waals surface area (Å²) < 4.78 is 0. The zero-order valence-corrected chi connectivity index (χ0v) is 7.94. The lowest BCUT2D eigenvalue weighted by Crippen LogP contribution is -2.22. The molecule has 0 aliphatic heterocycles. The Labute approximate surface area is 65.0 Å². The van der Waals surface area contributed by atoms with Crippen LogP contribution in [0.1, 0.15) is 41.0 Å². The molecule has 1 unspecified atom stereocenters. The summed E-state index contributed by atoms with van der Waals surface area (Å²) in [6.45, 7) is 12.0. The standard InChI is InChI=1S/C10H20/c1-7-6-8(2)10(4,5)9(7)3/h7-9H,6H2,1-5H3/t7?,8-,9+/m1/s1. The molecule has 0 spiro atoms. The molecule has 1 rings (SSSR count). The molecule has 1 aliphatic carbocycles. The van der Waals surface area contributed by atoms with E-state index in [0.29, 0.717) is 5.41 Å². The van der Waals surface area contributed by atoms with Crippen LogP contribution in [0.2, 0.25) is 0 Å². The zero-order chi connectivity index (χ0) is 7.94. The fourth-order valence-electron chi connectivity index (χ4n) is 2.25. The third-order valence-electron chi connectivity index (χ3n) is 4.02. The van der Waals surface area contributed by atoms with Crippen LogP contribution in [-0.4, -0.2) is 0 Å². The SMILES string of the molecule is CC1C[C@@H](C)C(C)(C)[C@H]1C. The fraction of sp³-hybridized carbons (Fsp3) is 1.00. The Bertz CT molecular complexity index is 124. The monoisotopic (exact) mass is 140 g/mol. The van der Waals surface area contributed by atoms with Gasteiger partial charge in [-0.05, 0) is 29.6 Å². The highest BCUT2D eigenvalue weighted by atomic mass is 14.5. The van der Waals surface area contributed by atoms with E-state index >= 15 is 0 Å². The third-order valence-corrected chi connectivity index (χ3v) is 4.02. The average molecular weight is 140 g/mol. The van der Waals surface area contributed by atoms with E-state index in [4.69, 9.17) is 0 Å². The van der Waals surface area contributed by atoms with Crippen molar-refractivity contribution in [3.8, 4) is 0 Å². The van der Waals surface area contributed by atoms with Gasteiger partial charge >= 0.3 is 0 Å². The topological polar surface area (TPSA) is 0 Å². The summed E-state index contributed by atoms with van der Waals surface area (Å²) in [5.74, 6) is 2.75. The van der Waals surface area contributed by atoms with E-state index in [0.717, 1.165) is 17.8 Å². The molecule has 0 aromatic rings. The van der Waals surface area contributed by atoms with Crippen molar-refractivity contribution in [2.75, 3.05) is 0 Å². The molecule has 0 radical (unpaired) electrons. The van der Waals surface area contributed by atoms with Crippen LogP contribution in [0.4, 0.5) is 0 Å². The third kappa shape index (κ3) is 0.980. The Balaban J connectivity index is 2.75. The zero-order valence-electron chi connectivity index (χ0n) is 7.94. The van der Waals surface area contributed by atoms with Gasteiger partial charge < -0.3 is 0 Å². The van der Waals surface area contributed by atoms with Crippen LogP contribution in [0.3, 0.4) is 0 Å². The second-order valence-corrected chi connectivity index (χ2v) is 4.72. The molecule has 0 nitrogen and oxygen atoms in total. The summed E-state index contributed by atoms with van der Waals surface area (Å²) in [4.78, 5) is 0. The predicted octanol–water partition coefficient (Wildman–Crippen LogP) is 3.32. The molecule has 0 heterocycles. The molecule has 10 heavy (non-hydrogen) atoms. The van der Waals surface area contributed by atoms with Gasteiger partial charge in [0.25, 0.3) is 0 Å². The first-order chi connectivity index (χ1) is 4.46. The molecule has 0 aromatic carbocycles. The van der Waals surface area contributed by atoms with Crippen LogP contribution in [0, 0.1) is 23.2 Å². The summed E-state index contributed by atoms with van der Waals surface area (Å²) in [6.07, 6.45) is 1.42. The maximum atomic E-state index is 2.41. The largest absolute Gasteiger partial charge is 0.0622 e. The highest BCUT2D eigenvalue weighted by molar-refractivity contribution is 4.91. The lowest BCUT2D eigenvalue weighted by molar-refractivity contribution is 0.198. The van der Waals surface area contributed by atoms with Crippen LogP contribution in [-0.2, 0) is 0 Å². The number of hydrogen-bond acceptors (Lipinski definition) is 0. The maximum Gasteiger partial charge on any atom is -0.0300 e. The minimum atomic E-state index is 0.583. The average Bonchev–Trinajstić information content (AvgIpc) is 1.97. The Morgan fingerprint density at radius 3 is 1.70 bits per heavy atom. The Kier molecular flexibility index (Phi) is 1.82. The minimum Gasteiger partial charge on any atom is -0.0622 e. The highest BCUT2D eigenvalue weighted by Crippen LogP contribution is 2.49. The summed E-state index contributed by atoms with van der Waals surface area (Å²) >= 11 is 0. The van der Waals surface area contributed by atoms with E-state index in [1.165, 1.54) is 6.42 Å². The molecular weight excluding hydrogens is 120 g/mol. The van der Waals surface area contributed by atoms with Crippen molar-refractivity contribution in [2.45, 2.75) is 41.0 Å². The van der Waals surface area contributed by atoms with E-state index in [9.17, 15) is 0 Å². The van der Waals surface area contributed by atoms with Gasteiger partial charge in [-0.1, -0.05) is 34.6 Å². The molecule has 0 bridgehead atoms. The first kappa shape index (κ1) is 8.10. The summed E-state index contributed by atoms with van der Waals surface area (Å²) in [5, 5.41) is 0. The number of rotatable bonds is 0. The van der Waals surface area contributed by atoms with Gasteiger partial charge in [0.2, 0.25) is 0 Å². The highest BCUT2D eigenvalue weighted by Gasteiger charge is 2.41. The van der Waals surface area contributed by atoms with E-state index < -0.39 is 0 Å². The summed E-state index contributed by atoms with van der Waals surface area (Å²) in [6, 6.07) is 0. The molecule has 0 amide bonds. The number of hydrogen-bond donors (Lipinski definition) is 0. The first-order valence-electron chi connectivity index (χ1n) is 4.46. The van der Waals surface area contributed by atoms with E-state index in [1.807, 2.05) is 0 Å². The van der Waals surface area contributed by atoms with E-state index in [2.05, 4.69) is 34.6 Å². The summed E-state index contributed by atoms with van der Waals surface area (Å²) in [7, 11) is 0. The van der Waals surface area contributed by atoms with Gasteiger partial charge in [0.1, 0.15) is 0 Å². The van der Waals surface area contributed by atoms with Crippen molar-refractivity contribution in [3.05, 3.63) is 0 Å². The van der Waals surface area contributed by atoms with Crippen LogP contribution in [0.5, 0.6) is 0 Å². The molecule has 1 saturated carbocycles. The van der Waals surface area contributed by atoms with E-state index in [-0.39, 0.29) is 0 Å². The van der Waals surface area contributed by atoms with Gasteiger partial charge in [0, 0.05) is 0 Å². The molecule has 0 aromatic heterocycles. The lowest BCUT2D eigenvalue weighted by atomic mass is 9.76.